The summed E-state index contributed by atoms with van der Waals surface area (Å²) in [5.74, 6) is 3.58. The molecule has 46 heavy (non-hydrogen) atoms. The lowest BCUT2D eigenvalue weighted by Crippen LogP contribution is -2.39. The highest BCUT2D eigenvalue weighted by Crippen LogP contribution is 2.15. The first kappa shape index (κ1) is 43.7. The molecule has 0 saturated carbocycles. The fourth-order valence-electron chi connectivity index (χ4n) is 6.50. The van der Waals surface area contributed by atoms with Gasteiger partial charge in [0.05, 0.1) is 0 Å². The lowest BCUT2D eigenvalue weighted by molar-refractivity contribution is 0.204. The largest absolute Gasteiger partial charge is 0.317 e. The molecule has 276 valence electrons. The van der Waals surface area contributed by atoms with Crippen LogP contribution in [-0.2, 0) is 0 Å². The van der Waals surface area contributed by atoms with E-state index in [9.17, 15) is 0 Å². The SMILES string of the molecule is CC(C)NCC1CCCN(C)C1.CC(C)NCC1CCCNC1.CC(C)NCC1CCN(C)CC1.CC(C)NCC1CCNCC1. The highest BCUT2D eigenvalue weighted by atomic mass is 15.1. The third kappa shape index (κ3) is 25.7. The molecule has 4 rings (SSSR count). The molecule has 0 aromatic carbocycles. The van der Waals surface area contributed by atoms with Crippen LogP contribution in [0.5, 0.6) is 0 Å². The van der Waals surface area contributed by atoms with Crippen LogP contribution in [0.2, 0.25) is 0 Å². The fourth-order valence-corrected chi connectivity index (χ4v) is 6.50. The van der Waals surface area contributed by atoms with E-state index < -0.39 is 0 Å². The molecule has 4 fully saturated rings. The zero-order valence-corrected chi connectivity index (χ0v) is 32.7. The van der Waals surface area contributed by atoms with Crippen LogP contribution in [0.3, 0.4) is 0 Å². The Balaban J connectivity index is 0.000000307. The Hall–Kier alpha value is -0.320. The van der Waals surface area contributed by atoms with Crippen molar-refractivity contribution in [1.82, 2.24) is 41.7 Å². The van der Waals surface area contributed by atoms with Gasteiger partial charge in [-0.2, -0.15) is 0 Å². The number of nitrogens with one attached hydrogen (secondary N) is 6. The fraction of sp³-hybridized carbons (Fsp3) is 1.00. The van der Waals surface area contributed by atoms with Crippen LogP contribution in [0.4, 0.5) is 0 Å². The van der Waals surface area contributed by atoms with Crippen molar-refractivity contribution in [2.75, 3.05) is 92.6 Å². The van der Waals surface area contributed by atoms with Crippen LogP contribution in [0.1, 0.15) is 107 Å². The van der Waals surface area contributed by atoms with E-state index in [0.717, 1.165) is 23.7 Å². The second-order valence-electron chi connectivity index (χ2n) is 16.2. The van der Waals surface area contributed by atoms with Gasteiger partial charge in [0.1, 0.15) is 0 Å². The summed E-state index contributed by atoms with van der Waals surface area (Å²) in [4.78, 5) is 4.86. The molecule has 0 bridgehead atoms. The molecule has 4 aliphatic heterocycles. The number of nitrogens with zero attached hydrogens (tertiary/aromatic N) is 2. The van der Waals surface area contributed by atoms with Gasteiger partial charge in [0, 0.05) is 30.7 Å². The minimum atomic E-state index is 0.636. The molecule has 0 aromatic rings. The normalized spacial score (nSPS) is 23.9. The van der Waals surface area contributed by atoms with Gasteiger partial charge in [-0.05, 0) is 161 Å². The number of rotatable bonds is 12. The Morgan fingerprint density at radius 1 is 0.478 bits per heavy atom. The van der Waals surface area contributed by atoms with Gasteiger partial charge in [0.25, 0.3) is 0 Å². The van der Waals surface area contributed by atoms with E-state index in [1.54, 1.807) is 0 Å². The average molecular weight is 653 g/mol. The molecule has 0 radical (unpaired) electrons. The van der Waals surface area contributed by atoms with Crippen LogP contribution >= 0.6 is 0 Å². The quantitative estimate of drug-likeness (QED) is 0.183. The standard InChI is InChI=1S/2C10H22N2.2C9H20N2/c1-9(2)11-8-10-4-6-12(3)7-5-10;1-9(2)11-7-10-5-4-6-12(3)8-10;1-8(2)11-7-9-3-5-10-6-4-9;1-8(2)11-7-9-4-3-5-10-6-9/h2*9-11H,4-8H2,1-3H3;2*8-11H,3-7H2,1-2H3. The molecule has 0 spiro atoms. The molecule has 4 aliphatic rings. The Morgan fingerprint density at radius 3 is 1.39 bits per heavy atom. The predicted molar refractivity (Wildman–Crippen MR) is 204 cm³/mol. The van der Waals surface area contributed by atoms with E-state index in [2.05, 4.69) is 111 Å². The summed E-state index contributed by atoms with van der Waals surface area (Å²) in [6, 6.07) is 2.56. The van der Waals surface area contributed by atoms with E-state index in [1.165, 1.54) is 130 Å². The van der Waals surface area contributed by atoms with Gasteiger partial charge in [0.2, 0.25) is 0 Å². The predicted octanol–water partition coefficient (Wildman–Crippen LogP) is 4.62. The van der Waals surface area contributed by atoms with Crippen molar-refractivity contribution < 1.29 is 0 Å². The highest BCUT2D eigenvalue weighted by molar-refractivity contribution is 4.75. The minimum absolute atomic E-state index is 0.636. The Bertz CT molecular complexity index is 627. The smallest absolute Gasteiger partial charge is 0.00187 e. The van der Waals surface area contributed by atoms with Crippen molar-refractivity contribution in [2.45, 2.75) is 131 Å². The molecular formula is C38H84N8. The maximum atomic E-state index is 3.51. The molecule has 2 atom stereocenters. The van der Waals surface area contributed by atoms with Gasteiger partial charge in [-0.15, -0.1) is 0 Å². The lowest BCUT2D eigenvalue weighted by atomic mass is 9.97. The topological polar surface area (TPSA) is 78.7 Å². The van der Waals surface area contributed by atoms with Crippen LogP contribution < -0.4 is 31.9 Å². The summed E-state index contributed by atoms with van der Waals surface area (Å²) in [6.07, 6.45) is 11.0. The maximum Gasteiger partial charge on any atom is 0.00187 e. The summed E-state index contributed by atoms with van der Waals surface area (Å²) in [7, 11) is 4.44. The van der Waals surface area contributed by atoms with Gasteiger partial charge in [-0.25, -0.2) is 0 Å². The first-order chi connectivity index (χ1) is 21.9. The summed E-state index contributed by atoms with van der Waals surface area (Å²) >= 11 is 0. The number of likely N-dealkylation sites (tertiary alicyclic amines) is 2. The van der Waals surface area contributed by atoms with Crippen LogP contribution in [0, 0.1) is 23.7 Å². The molecule has 4 heterocycles. The molecule has 4 saturated heterocycles. The zero-order chi connectivity index (χ0) is 34.2. The Morgan fingerprint density at radius 2 is 0.935 bits per heavy atom. The zero-order valence-electron chi connectivity index (χ0n) is 32.7. The maximum absolute atomic E-state index is 3.51. The monoisotopic (exact) mass is 653 g/mol. The van der Waals surface area contributed by atoms with E-state index >= 15 is 0 Å². The van der Waals surface area contributed by atoms with Crippen molar-refractivity contribution >= 4 is 0 Å². The molecule has 0 aromatic heterocycles. The number of piperidine rings is 4. The first-order valence-electron chi connectivity index (χ1n) is 19.7. The molecule has 0 aliphatic carbocycles. The van der Waals surface area contributed by atoms with Crippen molar-refractivity contribution in [1.29, 1.82) is 0 Å². The van der Waals surface area contributed by atoms with Crippen molar-refractivity contribution in [3.05, 3.63) is 0 Å². The lowest BCUT2D eigenvalue weighted by Gasteiger charge is -2.30. The summed E-state index contributed by atoms with van der Waals surface area (Å²) in [6.45, 7) is 32.5. The summed E-state index contributed by atoms with van der Waals surface area (Å²) < 4.78 is 0. The molecule has 6 N–H and O–H groups in total. The van der Waals surface area contributed by atoms with E-state index in [1.807, 2.05) is 0 Å². The van der Waals surface area contributed by atoms with Gasteiger partial charge >= 0.3 is 0 Å². The van der Waals surface area contributed by atoms with Gasteiger partial charge < -0.3 is 41.7 Å². The second kappa shape index (κ2) is 27.5. The van der Waals surface area contributed by atoms with Crippen LogP contribution in [0.15, 0.2) is 0 Å². The molecule has 2 unspecified atom stereocenters. The van der Waals surface area contributed by atoms with Gasteiger partial charge in [-0.3, -0.25) is 0 Å². The molecule has 8 nitrogen and oxygen atoms in total. The Labute approximate surface area is 288 Å². The van der Waals surface area contributed by atoms with E-state index in [-0.39, 0.29) is 0 Å². The third-order valence-corrected chi connectivity index (χ3v) is 9.68. The second-order valence-corrected chi connectivity index (χ2v) is 16.2. The van der Waals surface area contributed by atoms with Crippen molar-refractivity contribution in [3.63, 3.8) is 0 Å². The number of hydrogen-bond donors (Lipinski definition) is 6. The first-order valence-corrected chi connectivity index (χ1v) is 19.7. The van der Waals surface area contributed by atoms with Gasteiger partial charge in [0.15, 0.2) is 0 Å². The minimum Gasteiger partial charge on any atom is -0.317 e. The molecule has 8 heteroatoms. The highest BCUT2D eigenvalue weighted by Gasteiger charge is 2.17. The van der Waals surface area contributed by atoms with Crippen molar-refractivity contribution in [3.8, 4) is 0 Å². The van der Waals surface area contributed by atoms with Crippen LogP contribution in [0.25, 0.3) is 0 Å². The van der Waals surface area contributed by atoms with Crippen LogP contribution in [-0.4, -0.2) is 127 Å². The number of hydrogen-bond acceptors (Lipinski definition) is 8. The Kier molecular flexibility index (Phi) is 26.1. The molecule has 0 amide bonds. The van der Waals surface area contributed by atoms with Crippen molar-refractivity contribution in [2.24, 2.45) is 23.7 Å². The van der Waals surface area contributed by atoms with Gasteiger partial charge in [-0.1, -0.05) is 55.4 Å². The average Bonchev–Trinajstić information content (AvgIpc) is 3.03. The summed E-state index contributed by atoms with van der Waals surface area (Å²) in [5, 5.41) is 20.8. The third-order valence-electron chi connectivity index (χ3n) is 9.68. The van der Waals surface area contributed by atoms with E-state index in [4.69, 9.17) is 0 Å². The summed E-state index contributed by atoms with van der Waals surface area (Å²) in [5.41, 5.74) is 0. The van der Waals surface area contributed by atoms with E-state index in [0.29, 0.717) is 24.2 Å². The molecular weight excluding hydrogens is 568 g/mol.